The summed E-state index contributed by atoms with van der Waals surface area (Å²) in [6.07, 6.45) is 1.82. The third-order valence-electron chi connectivity index (χ3n) is 6.83. The second-order valence-electron chi connectivity index (χ2n) is 9.77. The topological polar surface area (TPSA) is 67.7 Å². The third-order valence-corrected chi connectivity index (χ3v) is 8.99. The summed E-state index contributed by atoms with van der Waals surface area (Å²) in [6.45, 7) is 9.55. The van der Waals surface area contributed by atoms with Gasteiger partial charge in [0.15, 0.2) is 0 Å². The Hall–Kier alpha value is -2.33. The monoisotopic (exact) mass is 486 g/mol. The van der Waals surface area contributed by atoms with Crippen molar-refractivity contribution >= 4 is 20.9 Å². The maximum absolute atomic E-state index is 13.4. The van der Waals surface area contributed by atoms with Crippen LogP contribution in [-0.2, 0) is 14.8 Å². The number of fused-ring (bicyclic) bond motifs is 1. The Morgan fingerprint density at radius 3 is 2.53 bits per heavy atom. The normalized spacial score (nSPS) is 20.8. The van der Waals surface area contributed by atoms with Crippen LogP contribution in [0.1, 0.15) is 31.0 Å². The minimum Gasteiger partial charge on any atom is -0.378 e. The molecule has 1 atom stereocenters. The molecule has 7 nitrogen and oxygen atoms in total. The predicted octanol–water partition coefficient (Wildman–Crippen LogP) is 3.52. The largest absolute Gasteiger partial charge is 0.378 e. The molecule has 2 aliphatic heterocycles. The summed E-state index contributed by atoms with van der Waals surface area (Å²) >= 11 is 0. The maximum atomic E-state index is 13.4. The van der Waals surface area contributed by atoms with Crippen LogP contribution in [0.3, 0.4) is 0 Å². The summed E-state index contributed by atoms with van der Waals surface area (Å²) < 4.78 is 48.3. The van der Waals surface area contributed by atoms with Crippen LogP contribution in [0.25, 0.3) is 16.6 Å². The lowest BCUT2D eigenvalue weighted by Gasteiger charge is -2.44. The van der Waals surface area contributed by atoms with E-state index in [1.165, 1.54) is 12.1 Å². The molecule has 2 saturated heterocycles. The number of sulfonamides is 1. The van der Waals surface area contributed by atoms with E-state index in [9.17, 15) is 12.8 Å². The highest BCUT2D eigenvalue weighted by atomic mass is 32.2. The van der Waals surface area contributed by atoms with E-state index >= 15 is 0 Å². The van der Waals surface area contributed by atoms with Gasteiger partial charge in [-0.1, -0.05) is 13.8 Å². The highest BCUT2D eigenvalue weighted by molar-refractivity contribution is 7.89. The molecule has 2 aliphatic rings. The fourth-order valence-corrected chi connectivity index (χ4v) is 6.59. The van der Waals surface area contributed by atoms with Crippen LogP contribution in [0.5, 0.6) is 0 Å². The van der Waals surface area contributed by atoms with E-state index in [4.69, 9.17) is 4.74 Å². The van der Waals surface area contributed by atoms with Gasteiger partial charge in [0.05, 0.1) is 30.6 Å². The van der Waals surface area contributed by atoms with Crippen molar-refractivity contribution < 1.29 is 17.5 Å². The minimum absolute atomic E-state index is 0.0366. The molecule has 0 radical (unpaired) electrons. The third kappa shape index (κ3) is 4.26. The van der Waals surface area contributed by atoms with Gasteiger partial charge < -0.3 is 4.74 Å². The van der Waals surface area contributed by atoms with E-state index in [-0.39, 0.29) is 25.1 Å². The van der Waals surface area contributed by atoms with Gasteiger partial charge in [0.2, 0.25) is 10.0 Å². The van der Waals surface area contributed by atoms with Crippen LogP contribution in [0, 0.1) is 18.7 Å². The lowest BCUT2D eigenvalue weighted by atomic mass is 9.96. The first-order valence-electron chi connectivity index (χ1n) is 11.8. The second-order valence-corrected chi connectivity index (χ2v) is 12.0. The molecule has 2 fully saturated rings. The van der Waals surface area contributed by atoms with E-state index in [1.54, 1.807) is 16.4 Å². The number of halogens is 1. The van der Waals surface area contributed by atoms with Crippen molar-refractivity contribution in [2.75, 3.05) is 39.4 Å². The van der Waals surface area contributed by atoms with E-state index < -0.39 is 15.3 Å². The number of hydrogen-bond donors (Lipinski definition) is 0. The first-order chi connectivity index (χ1) is 16.2. The molecule has 0 aliphatic carbocycles. The zero-order chi connectivity index (χ0) is 24.0. The molecule has 0 spiro atoms. The summed E-state index contributed by atoms with van der Waals surface area (Å²) in [5.41, 5.74) is 3.94. The summed E-state index contributed by atoms with van der Waals surface area (Å²) in [7, 11) is -3.37. The van der Waals surface area contributed by atoms with Crippen molar-refractivity contribution in [2.45, 2.75) is 32.1 Å². The number of aryl methyl sites for hydroxylation is 1. The molecule has 2 aromatic carbocycles. The molecule has 3 aromatic rings. The molecule has 0 bridgehead atoms. The summed E-state index contributed by atoms with van der Waals surface area (Å²) in [4.78, 5) is 2.41. The molecule has 0 amide bonds. The van der Waals surface area contributed by atoms with Gasteiger partial charge in [0, 0.05) is 37.6 Å². The van der Waals surface area contributed by atoms with Crippen molar-refractivity contribution in [2.24, 2.45) is 5.92 Å². The number of hydrogen-bond acceptors (Lipinski definition) is 5. The maximum Gasteiger partial charge on any atom is 0.221 e. The quantitative estimate of drug-likeness (QED) is 0.533. The highest BCUT2D eigenvalue weighted by Gasteiger charge is 2.41. The average molecular weight is 487 g/mol. The molecule has 34 heavy (non-hydrogen) atoms. The predicted molar refractivity (Wildman–Crippen MR) is 130 cm³/mol. The molecule has 1 unspecified atom stereocenters. The van der Waals surface area contributed by atoms with E-state index in [1.807, 2.05) is 10.9 Å². The SMILES string of the molecule is Cc1cc2c(cnn2-c2ccc(F)cc2)cc1C1CN(S(=O)(=O)C2COC2)CCN1CC(C)C. The number of benzene rings is 2. The molecule has 0 saturated carbocycles. The molecule has 0 N–H and O–H groups in total. The van der Waals surface area contributed by atoms with Gasteiger partial charge >= 0.3 is 0 Å². The van der Waals surface area contributed by atoms with Crippen LogP contribution in [0.4, 0.5) is 4.39 Å². The molecular formula is C25H31FN4O3S. The second kappa shape index (κ2) is 9.03. The van der Waals surface area contributed by atoms with Crippen LogP contribution < -0.4 is 0 Å². The Labute approximate surface area is 200 Å². The lowest BCUT2D eigenvalue weighted by Crippen LogP contribution is -2.56. The zero-order valence-corrected chi connectivity index (χ0v) is 20.6. The Bertz CT molecular complexity index is 1290. The summed E-state index contributed by atoms with van der Waals surface area (Å²) in [6, 6.07) is 10.5. The minimum atomic E-state index is -3.37. The van der Waals surface area contributed by atoms with Gasteiger partial charge in [-0.2, -0.15) is 9.40 Å². The number of nitrogens with zero attached hydrogens (tertiary/aromatic N) is 4. The summed E-state index contributed by atoms with van der Waals surface area (Å²) in [5, 5.41) is 5.09. The first-order valence-corrected chi connectivity index (χ1v) is 13.3. The van der Waals surface area contributed by atoms with Crippen molar-refractivity contribution in [3.8, 4) is 5.69 Å². The number of aromatic nitrogens is 2. The highest BCUT2D eigenvalue weighted by Crippen LogP contribution is 2.34. The number of ether oxygens (including phenoxy) is 1. The molecule has 3 heterocycles. The van der Waals surface area contributed by atoms with Gasteiger partial charge in [-0.05, 0) is 60.4 Å². The molecule has 182 valence electrons. The summed E-state index contributed by atoms with van der Waals surface area (Å²) in [5.74, 6) is 0.185. The van der Waals surface area contributed by atoms with Gasteiger partial charge in [0.25, 0.3) is 0 Å². The Balaban J connectivity index is 1.51. The van der Waals surface area contributed by atoms with Crippen molar-refractivity contribution in [1.82, 2.24) is 19.0 Å². The van der Waals surface area contributed by atoms with Gasteiger partial charge in [-0.25, -0.2) is 17.5 Å². The van der Waals surface area contributed by atoms with Gasteiger partial charge in [-0.15, -0.1) is 0 Å². The number of piperazine rings is 1. The van der Waals surface area contributed by atoms with E-state index in [2.05, 4.69) is 42.9 Å². The van der Waals surface area contributed by atoms with Gasteiger partial charge in [-0.3, -0.25) is 4.90 Å². The fourth-order valence-electron chi connectivity index (χ4n) is 4.95. The van der Waals surface area contributed by atoms with Crippen molar-refractivity contribution in [1.29, 1.82) is 0 Å². The average Bonchev–Trinajstić information content (AvgIpc) is 3.14. The van der Waals surface area contributed by atoms with Crippen LogP contribution in [0.15, 0.2) is 42.6 Å². The lowest BCUT2D eigenvalue weighted by molar-refractivity contribution is 0.0362. The fraction of sp³-hybridized carbons (Fsp3) is 0.480. The molecule has 9 heteroatoms. The van der Waals surface area contributed by atoms with Crippen molar-refractivity contribution in [3.63, 3.8) is 0 Å². The zero-order valence-electron chi connectivity index (χ0n) is 19.8. The number of rotatable bonds is 6. The van der Waals surface area contributed by atoms with E-state index in [0.29, 0.717) is 25.6 Å². The smallest absolute Gasteiger partial charge is 0.221 e. The van der Waals surface area contributed by atoms with Crippen LogP contribution >= 0.6 is 0 Å². The van der Waals surface area contributed by atoms with E-state index in [0.717, 1.165) is 34.3 Å². The molecule has 1 aromatic heterocycles. The standard InChI is InChI=1S/C25H31FN4O3S/c1-17(2)13-28-8-9-29(34(31,32)22-15-33-16-22)14-25(28)23-11-19-12-27-30(24(19)10-18(23)3)21-6-4-20(26)5-7-21/h4-7,10-12,17,22,25H,8-9,13-16H2,1-3H3. The van der Waals surface area contributed by atoms with Gasteiger partial charge in [0.1, 0.15) is 11.1 Å². The molecule has 5 rings (SSSR count). The van der Waals surface area contributed by atoms with Crippen LogP contribution in [0.2, 0.25) is 0 Å². The Morgan fingerprint density at radius 1 is 1.15 bits per heavy atom. The van der Waals surface area contributed by atoms with Crippen molar-refractivity contribution in [3.05, 3.63) is 59.5 Å². The Morgan fingerprint density at radius 2 is 1.88 bits per heavy atom. The van der Waals surface area contributed by atoms with Crippen LogP contribution in [-0.4, -0.2) is 72.0 Å². The first kappa shape index (κ1) is 23.4. The molecular weight excluding hydrogens is 455 g/mol. The Kier molecular flexibility index (Phi) is 6.22.